The lowest BCUT2D eigenvalue weighted by Gasteiger charge is -2.32. The predicted octanol–water partition coefficient (Wildman–Crippen LogP) is 3.00. The van der Waals surface area contributed by atoms with E-state index < -0.39 is 0 Å². The van der Waals surface area contributed by atoms with E-state index >= 15 is 0 Å². The highest BCUT2D eigenvalue weighted by atomic mass is 19.1. The first-order valence-electron chi connectivity index (χ1n) is 7.36. The van der Waals surface area contributed by atoms with Gasteiger partial charge in [-0.1, -0.05) is 12.1 Å². The van der Waals surface area contributed by atoms with Gasteiger partial charge in [0.25, 0.3) is 0 Å². The molecule has 2 aromatic carbocycles. The molecule has 0 bridgehead atoms. The minimum absolute atomic E-state index is 0.283. The Bertz CT molecular complexity index is 704. The smallest absolute Gasteiger partial charge is 0.166 e. The predicted molar refractivity (Wildman–Crippen MR) is 80.4 cm³/mol. The van der Waals surface area contributed by atoms with Crippen molar-refractivity contribution < 1.29 is 18.6 Å². The van der Waals surface area contributed by atoms with Crippen LogP contribution in [0, 0.1) is 5.82 Å². The van der Waals surface area contributed by atoms with Crippen molar-refractivity contribution in [2.45, 2.75) is 6.54 Å². The molecule has 22 heavy (non-hydrogen) atoms. The number of hydrogen-bond donors (Lipinski definition) is 0. The lowest BCUT2D eigenvalue weighted by molar-refractivity contribution is 0.170. The maximum absolute atomic E-state index is 13.3. The molecule has 0 fully saturated rings. The Labute approximate surface area is 128 Å². The Morgan fingerprint density at radius 3 is 2.77 bits per heavy atom. The summed E-state index contributed by atoms with van der Waals surface area (Å²) in [5.41, 5.74) is 1.97. The van der Waals surface area contributed by atoms with Crippen molar-refractivity contribution >= 4 is 5.69 Å². The maximum Gasteiger partial charge on any atom is 0.166 e. The second kappa shape index (κ2) is 5.40. The SMILES string of the molecule is Fc1ccc2c(c1)OCCN2Cc1cccc2c1OCCO2. The minimum Gasteiger partial charge on any atom is -0.489 e. The first kappa shape index (κ1) is 13.2. The third kappa shape index (κ3) is 2.32. The highest BCUT2D eigenvalue weighted by molar-refractivity contribution is 5.61. The molecule has 0 saturated carbocycles. The quantitative estimate of drug-likeness (QED) is 0.853. The summed E-state index contributed by atoms with van der Waals surface area (Å²) >= 11 is 0. The van der Waals surface area contributed by atoms with Gasteiger partial charge >= 0.3 is 0 Å². The van der Waals surface area contributed by atoms with Crippen LogP contribution in [0.2, 0.25) is 0 Å². The molecule has 0 N–H and O–H groups in total. The Morgan fingerprint density at radius 1 is 0.955 bits per heavy atom. The van der Waals surface area contributed by atoms with Crippen LogP contribution in [-0.4, -0.2) is 26.4 Å². The highest BCUT2D eigenvalue weighted by Gasteiger charge is 2.22. The normalized spacial score (nSPS) is 16.0. The Morgan fingerprint density at radius 2 is 1.82 bits per heavy atom. The zero-order valence-corrected chi connectivity index (χ0v) is 12.0. The summed E-state index contributed by atoms with van der Waals surface area (Å²) in [6.07, 6.45) is 0. The second-order valence-corrected chi connectivity index (χ2v) is 5.32. The van der Waals surface area contributed by atoms with Crippen LogP contribution in [0.5, 0.6) is 17.2 Å². The Balaban J connectivity index is 1.66. The fourth-order valence-corrected chi connectivity index (χ4v) is 2.88. The van der Waals surface area contributed by atoms with Gasteiger partial charge in [-0.15, -0.1) is 0 Å². The van der Waals surface area contributed by atoms with Crippen molar-refractivity contribution in [3.8, 4) is 17.2 Å². The fraction of sp³-hybridized carbons (Fsp3) is 0.294. The number of ether oxygens (including phenoxy) is 3. The van der Waals surface area contributed by atoms with Crippen molar-refractivity contribution in [1.29, 1.82) is 0 Å². The molecule has 0 radical (unpaired) electrons. The molecule has 5 heteroatoms. The van der Waals surface area contributed by atoms with Crippen LogP contribution in [0.1, 0.15) is 5.56 Å². The van der Waals surface area contributed by atoms with Crippen molar-refractivity contribution in [2.75, 3.05) is 31.3 Å². The van der Waals surface area contributed by atoms with Crippen molar-refractivity contribution in [3.63, 3.8) is 0 Å². The topological polar surface area (TPSA) is 30.9 Å². The van der Waals surface area contributed by atoms with E-state index in [4.69, 9.17) is 14.2 Å². The van der Waals surface area contributed by atoms with Gasteiger partial charge < -0.3 is 19.1 Å². The van der Waals surface area contributed by atoms with Crippen molar-refractivity contribution in [2.24, 2.45) is 0 Å². The van der Waals surface area contributed by atoms with Gasteiger partial charge in [-0.05, 0) is 18.2 Å². The number of nitrogens with zero attached hydrogens (tertiary/aromatic N) is 1. The first-order valence-corrected chi connectivity index (χ1v) is 7.36. The lowest BCUT2D eigenvalue weighted by atomic mass is 10.1. The highest BCUT2D eigenvalue weighted by Crippen LogP contribution is 2.37. The van der Waals surface area contributed by atoms with Gasteiger partial charge in [-0.3, -0.25) is 0 Å². The average molecular weight is 301 g/mol. The standard InChI is InChI=1S/C17H16FNO3/c18-13-4-5-14-16(10-13)20-7-6-19(14)11-12-2-1-3-15-17(12)22-9-8-21-15/h1-5,10H,6-9,11H2. The monoisotopic (exact) mass is 301 g/mol. The molecule has 2 heterocycles. The molecule has 114 valence electrons. The molecular formula is C17H16FNO3. The van der Waals surface area contributed by atoms with E-state index in [0.717, 1.165) is 29.3 Å². The summed E-state index contributed by atoms with van der Waals surface area (Å²) in [7, 11) is 0. The van der Waals surface area contributed by atoms with Crippen molar-refractivity contribution in [1.82, 2.24) is 0 Å². The molecule has 4 rings (SSSR count). The number of halogens is 1. The van der Waals surface area contributed by atoms with Crippen LogP contribution < -0.4 is 19.1 Å². The number of para-hydroxylation sites is 1. The first-order chi connectivity index (χ1) is 10.8. The van der Waals surface area contributed by atoms with Gasteiger partial charge in [0.1, 0.15) is 31.4 Å². The molecular weight excluding hydrogens is 285 g/mol. The molecule has 0 saturated heterocycles. The van der Waals surface area contributed by atoms with Gasteiger partial charge in [0, 0.05) is 18.2 Å². The average Bonchev–Trinajstić information content (AvgIpc) is 2.55. The lowest BCUT2D eigenvalue weighted by Crippen LogP contribution is -2.32. The van der Waals surface area contributed by atoms with E-state index in [0.29, 0.717) is 32.1 Å². The van der Waals surface area contributed by atoms with Gasteiger partial charge in [-0.2, -0.15) is 0 Å². The third-order valence-corrected chi connectivity index (χ3v) is 3.89. The molecule has 2 aliphatic heterocycles. The summed E-state index contributed by atoms with van der Waals surface area (Å²) in [6.45, 7) is 3.12. The van der Waals surface area contributed by atoms with Crippen molar-refractivity contribution in [3.05, 3.63) is 47.8 Å². The molecule has 0 atom stereocenters. The van der Waals surface area contributed by atoms with Crippen LogP contribution in [0.15, 0.2) is 36.4 Å². The van der Waals surface area contributed by atoms with E-state index in [1.54, 1.807) is 6.07 Å². The van der Waals surface area contributed by atoms with Gasteiger partial charge in [0.2, 0.25) is 0 Å². The summed E-state index contributed by atoms with van der Waals surface area (Å²) in [5, 5.41) is 0. The number of fused-ring (bicyclic) bond motifs is 2. The zero-order valence-electron chi connectivity index (χ0n) is 12.0. The summed E-state index contributed by atoms with van der Waals surface area (Å²) in [5.74, 6) is 1.91. The van der Waals surface area contributed by atoms with E-state index in [1.807, 2.05) is 18.2 Å². The summed E-state index contributed by atoms with van der Waals surface area (Å²) in [4.78, 5) is 2.17. The van der Waals surface area contributed by atoms with Crippen LogP contribution in [0.4, 0.5) is 10.1 Å². The van der Waals surface area contributed by atoms with Gasteiger partial charge in [0.15, 0.2) is 11.5 Å². The number of hydrogen-bond acceptors (Lipinski definition) is 4. The molecule has 0 aromatic heterocycles. The molecule has 4 nitrogen and oxygen atoms in total. The van der Waals surface area contributed by atoms with Crippen LogP contribution in [0.3, 0.4) is 0 Å². The zero-order chi connectivity index (χ0) is 14.9. The molecule has 0 aliphatic carbocycles. The van der Waals surface area contributed by atoms with Crippen LogP contribution in [-0.2, 0) is 6.54 Å². The molecule has 0 amide bonds. The number of rotatable bonds is 2. The number of benzene rings is 2. The minimum atomic E-state index is -0.283. The molecule has 2 aromatic rings. The summed E-state index contributed by atoms with van der Waals surface area (Å²) < 4.78 is 30.3. The molecule has 2 aliphatic rings. The van der Waals surface area contributed by atoms with Crippen LogP contribution >= 0.6 is 0 Å². The van der Waals surface area contributed by atoms with E-state index in [1.165, 1.54) is 12.1 Å². The molecule has 0 unspecified atom stereocenters. The number of anilines is 1. The molecule has 0 spiro atoms. The Hall–Kier alpha value is -2.43. The summed E-state index contributed by atoms with van der Waals surface area (Å²) in [6, 6.07) is 10.6. The fourth-order valence-electron chi connectivity index (χ4n) is 2.88. The van der Waals surface area contributed by atoms with E-state index in [9.17, 15) is 4.39 Å². The van der Waals surface area contributed by atoms with Gasteiger partial charge in [-0.25, -0.2) is 4.39 Å². The van der Waals surface area contributed by atoms with Crippen LogP contribution in [0.25, 0.3) is 0 Å². The Kier molecular flexibility index (Phi) is 3.25. The van der Waals surface area contributed by atoms with Gasteiger partial charge in [0.05, 0.1) is 12.2 Å². The van der Waals surface area contributed by atoms with E-state index in [2.05, 4.69) is 4.90 Å². The second-order valence-electron chi connectivity index (χ2n) is 5.32. The van der Waals surface area contributed by atoms with E-state index in [-0.39, 0.29) is 5.82 Å². The third-order valence-electron chi connectivity index (χ3n) is 3.89. The largest absolute Gasteiger partial charge is 0.489 e. The maximum atomic E-state index is 13.3.